The molecule has 78 valence electrons. The maximum absolute atomic E-state index is 3.25. The summed E-state index contributed by atoms with van der Waals surface area (Å²) >= 11 is 0. The van der Waals surface area contributed by atoms with E-state index in [1.807, 2.05) is 7.05 Å². The molecule has 1 aliphatic heterocycles. The Morgan fingerprint density at radius 1 is 1.54 bits per heavy atom. The summed E-state index contributed by atoms with van der Waals surface area (Å²) in [7, 11) is 2.04. The minimum atomic E-state index is 0.715. The molecule has 0 aromatic rings. The van der Waals surface area contributed by atoms with E-state index in [0.29, 0.717) is 6.04 Å². The van der Waals surface area contributed by atoms with Crippen molar-refractivity contribution < 1.29 is 0 Å². The summed E-state index contributed by atoms with van der Waals surface area (Å²) in [6, 6.07) is 0.715. The average Bonchev–Trinajstić information content (AvgIpc) is 2.54. The van der Waals surface area contributed by atoms with Crippen LogP contribution >= 0.6 is 0 Å². The van der Waals surface area contributed by atoms with Gasteiger partial charge in [-0.15, -0.1) is 0 Å². The number of likely N-dealkylation sites (N-methyl/N-ethyl adjacent to an activating group) is 1. The first-order valence-corrected chi connectivity index (χ1v) is 5.66. The van der Waals surface area contributed by atoms with Crippen LogP contribution in [0, 0.1) is 5.92 Å². The molecule has 0 radical (unpaired) electrons. The molecule has 0 saturated carbocycles. The monoisotopic (exact) mass is 184 g/mol. The number of rotatable bonds is 5. The Kier molecular flexibility index (Phi) is 4.74. The van der Waals surface area contributed by atoms with Crippen LogP contribution in [0.3, 0.4) is 0 Å². The summed E-state index contributed by atoms with van der Waals surface area (Å²) < 4.78 is 0. The second-order valence-electron chi connectivity index (χ2n) is 4.35. The van der Waals surface area contributed by atoms with Gasteiger partial charge in [-0.3, -0.25) is 4.90 Å². The number of nitrogens with one attached hydrogen (secondary N) is 1. The Morgan fingerprint density at radius 2 is 2.31 bits per heavy atom. The third-order valence-electron chi connectivity index (χ3n) is 3.14. The van der Waals surface area contributed by atoms with E-state index in [2.05, 4.69) is 24.1 Å². The molecule has 1 rings (SSSR count). The zero-order valence-corrected chi connectivity index (χ0v) is 9.34. The molecule has 0 aromatic carbocycles. The van der Waals surface area contributed by atoms with Gasteiger partial charge in [-0.05, 0) is 39.3 Å². The van der Waals surface area contributed by atoms with Gasteiger partial charge in [0.05, 0.1) is 0 Å². The molecule has 0 aliphatic carbocycles. The van der Waals surface area contributed by atoms with Crippen molar-refractivity contribution in [2.45, 2.75) is 39.2 Å². The van der Waals surface area contributed by atoms with Crippen molar-refractivity contribution in [1.82, 2.24) is 10.2 Å². The van der Waals surface area contributed by atoms with Crippen molar-refractivity contribution >= 4 is 0 Å². The summed E-state index contributed by atoms with van der Waals surface area (Å²) in [5.41, 5.74) is 0. The lowest BCUT2D eigenvalue weighted by atomic mass is 10.0. The summed E-state index contributed by atoms with van der Waals surface area (Å²) in [5.74, 6) is 0.976. The topological polar surface area (TPSA) is 15.3 Å². The summed E-state index contributed by atoms with van der Waals surface area (Å²) in [6.07, 6.45) is 4.18. The van der Waals surface area contributed by atoms with Crippen LogP contribution in [0.1, 0.15) is 33.1 Å². The lowest BCUT2D eigenvalue weighted by Crippen LogP contribution is -2.37. The third-order valence-corrected chi connectivity index (χ3v) is 3.14. The SMILES string of the molecule is CCCC1CCN(C(C)CNC)C1. The molecular formula is C11H24N2. The van der Waals surface area contributed by atoms with Gasteiger partial charge in [0.1, 0.15) is 0 Å². The van der Waals surface area contributed by atoms with E-state index < -0.39 is 0 Å². The second-order valence-corrected chi connectivity index (χ2v) is 4.35. The Labute approximate surface area is 82.7 Å². The zero-order valence-electron chi connectivity index (χ0n) is 9.34. The Morgan fingerprint density at radius 3 is 2.92 bits per heavy atom. The van der Waals surface area contributed by atoms with E-state index in [1.54, 1.807) is 0 Å². The average molecular weight is 184 g/mol. The molecule has 13 heavy (non-hydrogen) atoms. The molecule has 2 unspecified atom stereocenters. The van der Waals surface area contributed by atoms with Crippen LogP contribution in [0.15, 0.2) is 0 Å². The molecule has 1 saturated heterocycles. The molecule has 2 nitrogen and oxygen atoms in total. The lowest BCUT2D eigenvalue weighted by Gasteiger charge is -2.23. The highest BCUT2D eigenvalue weighted by Crippen LogP contribution is 2.22. The molecule has 1 aliphatic rings. The van der Waals surface area contributed by atoms with Crippen molar-refractivity contribution in [2.75, 3.05) is 26.7 Å². The van der Waals surface area contributed by atoms with E-state index in [0.717, 1.165) is 12.5 Å². The van der Waals surface area contributed by atoms with Gasteiger partial charge in [-0.1, -0.05) is 13.3 Å². The van der Waals surface area contributed by atoms with Crippen molar-refractivity contribution in [2.24, 2.45) is 5.92 Å². The van der Waals surface area contributed by atoms with E-state index in [9.17, 15) is 0 Å². The molecule has 1 heterocycles. The predicted molar refractivity (Wildman–Crippen MR) is 58.0 cm³/mol. The zero-order chi connectivity index (χ0) is 9.68. The molecule has 1 N–H and O–H groups in total. The second kappa shape index (κ2) is 5.61. The summed E-state index contributed by atoms with van der Waals surface area (Å²) in [6.45, 7) is 8.38. The predicted octanol–water partition coefficient (Wildman–Crippen LogP) is 1.72. The van der Waals surface area contributed by atoms with Gasteiger partial charge >= 0.3 is 0 Å². The van der Waals surface area contributed by atoms with Crippen LogP contribution in [0.25, 0.3) is 0 Å². The highest BCUT2D eigenvalue weighted by molar-refractivity contribution is 4.79. The first-order chi connectivity index (χ1) is 6.27. The van der Waals surface area contributed by atoms with Crippen molar-refractivity contribution in [1.29, 1.82) is 0 Å². The van der Waals surface area contributed by atoms with Crippen molar-refractivity contribution in [3.63, 3.8) is 0 Å². The maximum atomic E-state index is 3.25. The fraction of sp³-hybridized carbons (Fsp3) is 1.00. The number of hydrogen-bond donors (Lipinski definition) is 1. The Hall–Kier alpha value is -0.0800. The van der Waals surface area contributed by atoms with Gasteiger partial charge in [-0.2, -0.15) is 0 Å². The molecule has 0 amide bonds. The van der Waals surface area contributed by atoms with Gasteiger partial charge in [-0.25, -0.2) is 0 Å². The normalized spacial score (nSPS) is 26.5. The number of hydrogen-bond acceptors (Lipinski definition) is 2. The number of nitrogens with zero attached hydrogens (tertiary/aromatic N) is 1. The first kappa shape index (κ1) is 11.0. The van der Waals surface area contributed by atoms with E-state index >= 15 is 0 Å². The van der Waals surface area contributed by atoms with Crippen LogP contribution in [0.5, 0.6) is 0 Å². The highest BCUT2D eigenvalue weighted by Gasteiger charge is 2.24. The van der Waals surface area contributed by atoms with Crippen LogP contribution < -0.4 is 5.32 Å². The van der Waals surface area contributed by atoms with E-state index in [-0.39, 0.29) is 0 Å². The molecular weight excluding hydrogens is 160 g/mol. The molecule has 2 atom stereocenters. The fourth-order valence-corrected chi connectivity index (χ4v) is 2.33. The molecule has 2 heteroatoms. The molecule has 1 fully saturated rings. The van der Waals surface area contributed by atoms with Gasteiger partial charge < -0.3 is 5.32 Å². The Balaban J connectivity index is 2.23. The quantitative estimate of drug-likeness (QED) is 0.700. The minimum Gasteiger partial charge on any atom is -0.318 e. The molecule has 0 aromatic heterocycles. The molecule has 0 bridgehead atoms. The van der Waals surface area contributed by atoms with Crippen LogP contribution in [0.2, 0.25) is 0 Å². The Bertz CT molecular complexity index is 136. The largest absolute Gasteiger partial charge is 0.318 e. The van der Waals surface area contributed by atoms with Crippen molar-refractivity contribution in [3.05, 3.63) is 0 Å². The number of likely N-dealkylation sites (tertiary alicyclic amines) is 1. The van der Waals surface area contributed by atoms with E-state index in [4.69, 9.17) is 0 Å². The maximum Gasteiger partial charge on any atom is 0.0192 e. The van der Waals surface area contributed by atoms with Gasteiger partial charge in [0, 0.05) is 19.1 Å². The third kappa shape index (κ3) is 3.28. The summed E-state index contributed by atoms with van der Waals surface area (Å²) in [5, 5.41) is 3.25. The van der Waals surface area contributed by atoms with Gasteiger partial charge in [0.2, 0.25) is 0 Å². The van der Waals surface area contributed by atoms with Gasteiger partial charge in [0.15, 0.2) is 0 Å². The molecule has 0 spiro atoms. The summed E-state index contributed by atoms with van der Waals surface area (Å²) in [4.78, 5) is 2.62. The van der Waals surface area contributed by atoms with Crippen molar-refractivity contribution in [3.8, 4) is 0 Å². The minimum absolute atomic E-state index is 0.715. The van der Waals surface area contributed by atoms with Gasteiger partial charge in [0.25, 0.3) is 0 Å². The smallest absolute Gasteiger partial charge is 0.0192 e. The highest BCUT2D eigenvalue weighted by atomic mass is 15.2. The van der Waals surface area contributed by atoms with Crippen LogP contribution in [-0.4, -0.2) is 37.6 Å². The lowest BCUT2D eigenvalue weighted by molar-refractivity contribution is 0.244. The fourth-order valence-electron chi connectivity index (χ4n) is 2.33. The van der Waals surface area contributed by atoms with Crippen LogP contribution in [0.4, 0.5) is 0 Å². The standard InChI is InChI=1S/C11H24N2/c1-4-5-11-6-7-13(9-11)10(2)8-12-3/h10-12H,4-9H2,1-3H3. The first-order valence-electron chi connectivity index (χ1n) is 5.66. The van der Waals surface area contributed by atoms with E-state index in [1.165, 1.54) is 32.4 Å². The van der Waals surface area contributed by atoms with Crippen LogP contribution in [-0.2, 0) is 0 Å².